The van der Waals surface area contributed by atoms with Crippen molar-refractivity contribution in [3.05, 3.63) is 45.4 Å². The van der Waals surface area contributed by atoms with E-state index in [2.05, 4.69) is 4.98 Å². The number of rotatable bonds is 6. The summed E-state index contributed by atoms with van der Waals surface area (Å²) in [7, 11) is 1.52. The molecule has 2 rings (SSSR count). The summed E-state index contributed by atoms with van der Waals surface area (Å²) in [6, 6.07) is 5.17. The van der Waals surface area contributed by atoms with E-state index >= 15 is 0 Å². The van der Waals surface area contributed by atoms with Crippen LogP contribution in [0.2, 0.25) is 4.47 Å². The smallest absolute Gasteiger partial charge is 0.328 e. The highest BCUT2D eigenvalue weighted by Gasteiger charge is 2.07. The van der Waals surface area contributed by atoms with E-state index in [4.69, 9.17) is 26.2 Å². The van der Waals surface area contributed by atoms with Crippen molar-refractivity contribution in [3.8, 4) is 11.5 Å². The van der Waals surface area contributed by atoms with Gasteiger partial charge in [-0.2, -0.15) is 0 Å². The molecule has 1 aromatic heterocycles. The molecule has 0 spiro atoms. The number of halogens is 1. The first-order valence-electron chi connectivity index (χ1n) is 5.90. The molecule has 1 N–H and O–H groups in total. The normalized spacial score (nSPS) is 10.8. The summed E-state index contributed by atoms with van der Waals surface area (Å²) >= 11 is 7.10. The van der Waals surface area contributed by atoms with Gasteiger partial charge < -0.3 is 14.6 Å². The van der Waals surface area contributed by atoms with Gasteiger partial charge in [0.05, 0.1) is 12.0 Å². The number of carboxylic acids is 1. The average molecular weight is 326 g/mol. The van der Waals surface area contributed by atoms with E-state index in [0.717, 1.165) is 11.0 Å². The Morgan fingerprint density at radius 3 is 2.90 bits per heavy atom. The highest BCUT2D eigenvalue weighted by molar-refractivity contribution is 7.15. The molecule has 0 radical (unpaired) electrons. The highest BCUT2D eigenvalue weighted by Crippen LogP contribution is 2.30. The third-order valence-electron chi connectivity index (χ3n) is 2.50. The molecule has 0 aliphatic rings. The molecule has 1 heterocycles. The summed E-state index contributed by atoms with van der Waals surface area (Å²) in [6.45, 7) is 0.338. The van der Waals surface area contributed by atoms with Crippen LogP contribution in [-0.4, -0.2) is 23.2 Å². The maximum absolute atomic E-state index is 10.5. The van der Waals surface area contributed by atoms with Crippen LogP contribution in [0, 0.1) is 0 Å². The molecule has 0 aliphatic heterocycles. The van der Waals surface area contributed by atoms with Gasteiger partial charge in [0.2, 0.25) is 0 Å². The maximum Gasteiger partial charge on any atom is 0.328 e. The third-order valence-corrected chi connectivity index (χ3v) is 3.59. The molecule has 5 nitrogen and oxygen atoms in total. The largest absolute Gasteiger partial charge is 0.493 e. The van der Waals surface area contributed by atoms with E-state index in [1.54, 1.807) is 24.4 Å². The monoisotopic (exact) mass is 325 g/mol. The zero-order valence-corrected chi connectivity index (χ0v) is 12.6. The second kappa shape index (κ2) is 7.10. The van der Waals surface area contributed by atoms with Crippen LogP contribution in [0.1, 0.15) is 10.4 Å². The minimum atomic E-state index is -1.00. The van der Waals surface area contributed by atoms with Gasteiger partial charge in [0.15, 0.2) is 16.0 Å². The van der Waals surface area contributed by atoms with Crippen molar-refractivity contribution < 1.29 is 19.4 Å². The van der Waals surface area contributed by atoms with E-state index in [-0.39, 0.29) is 0 Å². The Balaban J connectivity index is 2.10. The standard InChI is InChI=1S/C14H12ClNO4S/c1-19-12-6-9(3-5-13(17)18)2-4-11(12)20-8-10-7-16-14(15)21-10/h2-7H,8H2,1H3,(H,17,18)/b5-3+. The van der Waals surface area contributed by atoms with Gasteiger partial charge in [-0.25, -0.2) is 9.78 Å². The maximum atomic E-state index is 10.5. The molecule has 0 bridgehead atoms. The molecule has 0 fully saturated rings. The molecular weight excluding hydrogens is 314 g/mol. The number of aliphatic carboxylic acids is 1. The van der Waals surface area contributed by atoms with Crippen LogP contribution < -0.4 is 9.47 Å². The first-order valence-corrected chi connectivity index (χ1v) is 7.10. The van der Waals surface area contributed by atoms with Crippen molar-refractivity contribution in [3.63, 3.8) is 0 Å². The molecule has 0 aliphatic carbocycles. The summed E-state index contributed by atoms with van der Waals surface area (Å²) < 4.78 is 11.4. The molecule has 110 valence electrons. The molecule has 0 unspecified atom stereocenters. The SMILES string of the molecule is COc1cc(/C=C/C(=O)O)ccc1OCc1cnc(Cl)s1. The third kappa shape index (κ3) is 4.47. The quantitative estimate of drug-likeness (QED) is 0.823. The lowest BCUT2D eigenvalue weighted by atomic mass is 10.2. The Hall–Kier alpha value is -2.05. The van der Waals surface area contributed by atoms with Gasteiger partial charge in [-0.15, -0.1) is 11.3 Å². The van der Waals surface area contributed by atoms with E-state index in [0.29, 0.717) is 28.1 Å². The molecule has 7 heteroatoms. The molecule has 1 aromatic carbocycles. The second-order valence-electron chi connectivity index (χ2n) is 3.95. The molecular formula is C14H12ClNO4S. The molecule has 21 heavy (non-hydrogen) atoms. The zero-order chi connectivity index (χ0) is 15.2. The van der Waals surface area contributed by atoms with Crippen molar-refractivity contribution in [2.45, 2.75) is 6.61 Å². The summed E-state index contributed by atoms with van der Waals surface area (Å²) in [4.78, 5) is 15.3. The average Bonchev–Trinajstić information content (AvgIpc) is 2.88. The Morgan fingerprint density at radius 1 is 1.48 bits per heavy atom. The number of hydrogen-bond acceptors (Lipinski definition) is 5. The first-order chi connectivity index (χ1) is 10.1. The topological polar surface area (TPSA) is 68.7 Å². The number of benzene rings is 1. The first kappa shape index (κ1) is 15.3. The number of nitrogens with zero attached hydrogens (tertiary/aromatic N) is 1. The van der Waals surface area contributed by atoms with Crippen LogP contribution in [0.25, 0.3) is 6.08 Å². The van der Waals surface area contributed by atoms with E-state index in [9.17, 15) is 4.79 Å². The summed E-state index contributed by atoms with van der Waals surface area (Å²) in [6.07, 6.45) is 4.20. The lowest BCUT2D eigenvalue weighted by molar-refractivity contribution is -0.131. The molecule has 0 saturated heterocycles. The van der Waals surface area contributed by atoms with E-state index in [1.807, 2.05) is 0 Å². The van der Waals surface area contributed by atoms with Gasteiger partial charge >= 0.3 is 5.97 Å². The fourth-order valence-electron chi connectivity index (χ4n) is 1.57. The lowest BCUT2D eigenvalue weighted by Crippen LogP contribution is -1.96. The van der Waals surface area contributed by atoms with Crippen LogP contribution in [0.5, 0.6) is 11.5 Å². The van der Waals surface area contributed by atoms with E-state index in [1.165, 1.54) is 24.5 Å². The Kier molecular flexibility index (Phi) is 5.19. The minimum absolute atomic E-state index is 0.338. The summed E-state index contributed by atoms with van der Waals surface area (Å²) in [5.41, 5.74) is 0.711. The minimum Gasteiger partial charge on any atom is -0.493 e. The van der Waals surface area contributed by atoms with Crippen LogP contribution in [0.15, 0.2) is 30.5 Å². The van der Waals surface area contributed by atoms with Gasteiger partial charge in [-0.05, 0) is 23.8 Å². The lowest BCUT2D eigenvalue weighted by Gasteiger charge is -2.10. The predicted molar refractivity (Wildman–Crippen MR) is 81.1 cm³/mol. The van der Waals surface area contributed by atoms with Gasteiger partial charge in [-0.1, -0.05) is 17.7 Å². The fraction of sp³-hybridized carbons (Fsp3) is 0.143. The van der Waals surface area contributed by atoms with Crippen LogP contribution >= 0.6 is 22.9 Å². The number of ether oxygens (including phenoxy) is 2. The van der Waals surface area contributed by atoms with Crippen molar-refractivity contribution in [2.24, 2.45) is 0 Å². The van der Waals surface area contributed by atoms with Gasteiger partial charge in [0.1, 0.15) is 6.61 Å². The van der Waals surface area contributed by atoms with Crippen molar-refractivity contribution in [1.29, 1.82) is 0 Å². The second-order valence-corrected chi connectivity index (χ2v) is 5.65. The number of carbonyl (C=O) groups is 1. The van der Waals surface area contributed by atoms with Crippen LogP contribution in [0.4, 0.5) is 0 Å². The number of thiazole rings is 1. The Labute approximate surface area is 130 Å². The summed E-state index contributed by atoms with van der Waals surface area (Å²) in [5.74, 6) is 0.0871. The van der Waals surface area contributed by atoms with Crippen molar-refractivity contribution in [2.75, 3.05) is 7.11 Å². The van der Waals surface area contributed by atoms with Crippen molar-refractivity contribution in [1.82, 2.24) is 4.98 Å². The molecule has 0 amide bonds. The van der Waals surface area contributed by atoms with Crippen molar-refractivity contribution >= 4 is 35.0 Å². The van der Waals surface area contributed by atoms with Gasteiger partial charge in [0, 0.05) is 12.3 Å². The Morgan fingerprint density at radius 2 is 2.29 bits per heavy atom. The van der Waals surface area contributed by atoms with Gasteiger partial charge in [-0.3, -0.25) is 0 Å². The highest BCUT2D eigenvalue weighted by atomic mass is 35.5. The zero-order valence-electron chi connectivity index (χ0n) is 11.1. The summed E-state index contributed by atoms with van der Waals surface area (Å²) in [5, 5.41) is 8.61. The molecule has 0 atom stereocenters. The fourth-order valence-corrected chi connectivity index (χ4v) is 2.46. The Bertz CT molecular complexity index is 669. The van der Waals surface area contributed by atoms with Gasteiger partial charge in [0.25, 0.3) is 0 Å². The van der Waals surface area contributed by atoms with Crippen LogP contribution in [0.3, 0.4) is 0 Å². The molecule has 0 saturated carbocycles. The predicted octanol–water partition coefficient (Wildman–Crippen LogP) is 3.48. The van der Waals surface area contributed by atoms with E-state index < -0.39 is 5.97 Å². The number of aromatic nitrogens is 1. The number of methoxy groups -OCH3 is 1. The molecule has 2 aromatic rings. The number of hydrogen-bond donors (Lipinski definition) is 1. The van der Waals surface area contributed by atoms with Crippen LogP contribution in [-0.2, 0) is 11.4 Å². The number of carboxylic acid groups (broad SMARTS) is 1.